The van der Waals surface area contributed by atoms with E-state index in [-0.39, 0.29) is 11.4 Å². The highest BCUT2D eigenvalue weighted by Gasteiger charge is 2.02. The summed E-state index contributed by atoms with van der Waals surface area (Å²) in [6, 6.07) is 8.83. The van der Waals surface area contributed by atoms with E-state index in [1.54, 1.807) is 7.11 Å². The summed E-state index contributed by atoms with van der Waals surface area (Å²) in [5.41, 5.74) is 6.27. The first-order valence-electron chi connectivity index (χ1n) is 5.16. The van der Waals surface area contributed by atoms with Crippen molar-refractivity contribution >= 4 is 5.82 Å². The van der Waals surface area contributed by atoms with Crippen LogP contribution in [0.1, 0.15) is 11.4 Å². The van der Waals surface area contributed by atoms with Crippen LogP contribution in [-0.4, -0.2) is 17.1 Å². The van der Waals surface area contributed by atoms with Crippen LogP contribution in [0.2, 0.25) is 0 Å². The number of nitrogens with two attached hydrogens (primary N) is 1. The largest absolute Gasteiger partial charge is 0.497 e. The number of aromatic amines is 1. The molecule has 88 valence electrons. The fourth-order valence-corrected chi connectivity index (χ4v) is 1.59. The second-order valence-electron chi connectivity index (χ2n) is 3.65. The summed E-state index contributed by atoms with van der Waals surface area (Å²) in [7, 11) is 1.61. The fraction of sp³-hybridized carbons (Fsp3) is 0.167. The molecule has 0 radical (unpaired) electrons. The Balaban J connectivity index is 2.27. The molecule has 0 amide bonds. The number of hydrogen-bond donors (Lipinski definition) is 2. The summed E-state index contributed by atoms with van der Waals surface area (Å²) in [6.45, 7) is 0. The number of nitrogens with zero attached hydrogens (tertiary/aromatic N) is 1. The molecule has 0 fully saturated rings. The number of H-pyrrole nitrogens is 1. The average molecular weight is 231 g/mol. The molecule has 0 aliphatic heterocycles. The number of aromatic nitrogens is 2. The maximum atomic E-state index is 11.2. The Morgan fingerprint density at radius 1 is 1.41 bits per heavy atom. The van der Waals surface area contributed by atoms with Crippen molar-refractivity contribution < 1.29 is 4.74 Å². The zero-order chi connectivity index (χ0) is 12.3. The van der Waals surface area contributed by atoms with Crippen molar-refractivity contribution in [1.82, 2.24) is 9.97 Å². The predicted molar refractivity (Wildman–Crippen MR) is 65.1 cm³/mol. The molecule has 0 atom stereocenters. The smallest absolute Gasteiger partial charge is 0.252 e. The number of hydrogen-bond acceptors (Lipinski definition) is 4. The fourth-order valence-electron chi connectivity index (χ4n) is 1.59. The van der Waals surface area contributed by atoms with Gasteiger partial charge >= 0.3 is 0 Å². The molecular formula is C12H13N3O2. The molecule has 0 spiro atoms. The van der Waals surface area contributed by atoms with Gasteiger partial charge in [0.2, 0.25) is 0 Å². The van der Waals surface area contributed by atoms with Crippen LogP contribution in [0.25, 0.3) is 0 Å². The molecule has 3 N–H and O–H groups in total. The van der Waals surface area contributed by atoms with Crippen LogP contribution in [0, 0.1) is 0 Å². The highest BCUT2D eigenvalue weighted by Crippen LogP contribution is 2.14. The van der Waals surface area contributed by atoms with E-state index in [1.165, 1.54) is 6.07 Å². The maximum absolute atomic E-state index is 11.2. The average Bonchev–Trinajstić information content (AvgIpc) is 2.28. The minimum atomic E-state index is -0.240. The lowest BCUT2D eigenvalue weighted by molar-refractivity contribution is 0.414. The van der Waals surface area contributed by atoms with Gasteiger partial charge in [0.1, 0.15) is 17.4 Å². The zero-order valence-corrected chi connectivity index (χ0v) is 9.43. The van der Waals surface area contributed by atoms with E-state index in [1.807, 2.05) is 24.3 Å². The van der Waals surface area contributed by atoms with Crippen LogP contribution >= 0.6 is 0 Å². The maximum Gasteiger partial charge on any atom is 0.252 e. The van der Waals surface area contributed by atoms with Gasteiger partial charge in [0.05, 0.1) is 7.11 Å². The minimum Gasteiger partial charge on any atom is -0.497 e. The van der Waals surface area contributed by atoms with Crippen molar-refractivity contribution in [3.63, 3.8) is 0 Å². The number of ether oxygens (including phenoxy) is 1. The molecule has 0 saturated heterocycles. The third-order valence-electron chi connectivity index (χ3n) is 2.32. The first-order valence-corrected chi connectivity index (χ1v) is 5.16. The quantitative estimate of drug-likeness (QED) is 0.824. The van der Waals surface area contributed by atoms with E-state index in [0.717, 1.165) is 11.3 Å². The zero-order valence-electron chi connectivity index (χ0n) is 9.43. The molecule has 0 bridgehead atoms. The molecule has 1 aromatic heterocycles. The first-order chi connectivity index (χ1) is 8.17. The number of anilines is 1. The summed E-state index contributed by atoms with van der Waals surface area (Å²) in [5.74, 6) is 1.55. The number of nitrogens with one attached hydrogen (secondary N) is 1. The van der Waals surface area contributed by atoms with E-state index < -0.39 is 0 Å². The van der Waals surface area contributed by atoms with Gasteiger partial charge in [-0.15, -0.1) is 0 Å². The molecule has 1 heterocycles. The van der Waals surface area contributed by atoms with Crippen molar-refractivity contribution in [2.24, 2.45) is 0 Å². The summed E-state index contributed by atoms with van der Waals surface area (Å²) < 4.78 is 5.12. The van der Waals surface area contributed by atoms with Crippen LogP contribution in [0.3, 0.4) is 0 Å². The van der Waals surface area contributed by atoms with E-state index >= 15 is 0 Å². The van der Waals surface area contributed by atoms with Gasteiger partial charge < -0.3 is 15.5 Å². The number of benzene rings is 1. The van der Waals surface area contributed by atoms with Crippen molar-refractivity contribution in [2.75, 3.05) is 12.8 Å². The third-order valence-corrected chi connectivity index (χ3v) is 2.32. The molecule has 0 aliphatic carbocycles. The predicted octanol–water partition coefficient (Wildman–Crippen LogP) is 0.951. The van der Waals surface area contributed by atoms with Gasteiger partial charge in [0.15, 0.2) is 0 Å². The lowest BCUT2D eigenvalue weighted by atomic mass is 10.1. The molecule has 5 nitrogen and oxygen atoms in total. The van der Waals surface area contributed by atoms with Gasteiger partial charge in [-0.1, -0.05) is 12.1 Å². The van der Waals surface area contributed by atoms with E-state index in [9.17, 15) is 4.79 Å². The second-order valence-corrected chi connectivity index (χ2v) is 3.65. The van der Waals surface area contributed by atoms with Gasteiger partial charge in [-0.05, 0) is 17.7 Å². The van der Waals surface area contributed by atoms with Gasteiger partial charge in [-0.25, -0.2) is 4.98 Å². The summed E-state index contributed by atoms with van der Waals surface area (Å²) >= 11 is 0. The second kappa shape index (κ2) is 4.69. The Morgan fingerprint density at radius 3 is 2.94 bits per heavy atom. The summed E-state index contributed by atoms with van der Waals surface area (Å²) in [5, 5.41) is 0. The molecule has 0 saturated carbocycles. The van der Waals surface area contributed by atoms with Gasteiger partial charge in [0, 0.05) is 12.5 Å². The van der Waals surface area contributed by atoms with Crippen molar-refractivity contribution in [3.05, 3.63) is 52.1 Å². The van der Waals surface area contributed by atoms with Crippen LogP contribution in [0.15, 0.2) is 35.1 Å². The lowest BCUT2D eigenvalue weighted by Gasteiger charge is -2.04. The Labute approximate surface area is 98.3 Å². The van der Waals surface area contributed by atoms with Crippen LogP contribution in [0.5, 0.6) is 5.75 Å². The monoisotopic (exact) mass is 231 g/mol. The van der Waals surface area contributed by atoms with Crippen LogP contribution < -0.4 is 16.0 Å². The molecule has 2 aromatic rings. The standard InChI is InChI=1S/C12H13N3O2/c1-17-9-4-2-3-8(5-9)6-11-14-10(13)7-12(16)15-11/h2-5,7H,6H2,1H3,(H3,13,14,15,16). The molecule has 5 heteroatoms. The minimum absolute atomic E-state index is 0.228. The Bertz CT molecular complexity index is 578. The topological polar surface area (TPSA) is 81.0 Å². The number of rotatable bonds is 3. The first kappa shape index (κ1) is 11.2. The normalized spacial score (nSPS) is 10.2. The molecular weight excluding hydrogens is 218 g/mol. The molecule has 1 aromatic carbocycles. The van der Waals surface area contributed by atoms with Crippen molar-refractivity contribution in [3.8, 4) is 5.75 Å². The highest BCUT2D eigenvalue weighted by molar-refractivity contribution is 5.31. The van der Waals surface area contributed by atoms with E-state index in [2.05, 4.69) is 9.97 Å². The van der Waals surface area contributed by atoms with Crippen LogP contribution in [-0.2, 0) is 6.42 Å². The van der Waals surface area contributed by atoms with Crippen molar-refractivity contribution in [1.29, 1.82) is 0 Å². The van der Waals surface area contributed by atoms with E-state index in [0.29, 0.717) is 12.2 Å². The SMILES string of the molecule is COc1cccc(Cc2nc(N)cc(=O)[nH]2)c1. The van der Waals surface area contributed by atoms with Crippen LogP contribution in [0.4, 0.5) is 5.82 Å². The molecule has 0 unspecified atom stereocenters. The lowest BCUT2D eigenvalue weighted by Crippen LogP contribution is -2.12. The Kier molecular flexibility index (Phi) is 3.09. The van der Waals surface area contributed by atoms with Gasteiger partial charge in [-0.2, -0.15) is 0 Å². The molecule has 0 aliphatic rings. The van der Waals surface area contributed by atoms with E-state index in [4.69, 9.17) is 10.5 Å². The molecule has 17 heavy (non-hydrogen) atoms. The number of nitrogen functional groups attached to an aromatic ring is 1. The Hall–Kier alpha value is -2.30. The van der Waals surface area contributed by atoms with Gasteiger partial charge in [-0.3, -0.25) is 4.79 Å². The highest BCUT2D eigenvalue weighted by atomic mass is 16.5. The summed E-state index contributed by atoms with van der Waals surface area (Å²) in [6.07, 6.45) is 0.511. The molecule has 2 rings (SSSR count). The van der Waals surface area contributed by atoms with Gasteiger partial charge in [0.25, 0.3) is 5.56 Å². The Morgan fingerprint density at radius 2 is 2.24 bits per heavy atom. The number of methoxy groups -OCH3 is 1. The van der Waals surface area contributed by atoms with Crippen molar-refractivity contribution in [2.45, 2.75) is 6.42 Å². The summed E-state index contributed by atoms with van der Waals surface area (Å²) in [4.78, 5) is 17.9. The third kappa shape index (κ3) is 2.84.